The molecule has 0 aliphatic rings. The number of nitrogens with one attached hydrogen (secondary N) is 1. The zero-order valence-electron chi connectivity index (χ0n) is 17.5. The van der Waals surface area contributed by atoms with Crippen molar-refractivity contribution in [1.29, 1.82) is 0 Å². The molecular weight excluding hydrogens is 364 g/mol. The number of hydrogen-bond donors (Lipinski definition) is 1. The van der Waals surface area contributed by atoms with E-state index in [0.717, 1.165) is 42.8 Å². The molecule has 29 heavy (non-hydrogen) atoms. The van der Waals surface area contributed by atoms with Gasteiger partial charge in [0.05, 0.1) is 11.0 Å². The molecule has 1 amide bonds. The van der Waals surface area contributed by atoms with Crippen LogP contribution in [0.5, 0.6) is 0 Å². The second-order valence-electron chi connectivity index (χ2n) is 6.80. The van der Waals surface area contributed by atoms with E-state index in [1.807, 2.05) is 55.5 Å². The molecule has 0 spiro atoms. The highest BCUT2D eigenvalue weighted by atomic mass is 16.5. The van der Waals surface area contributed by atoms with Crippen molar-refractivity contribution < 1.29 is 9.53 Å². The van der Waals surface area contributed by atoms with E-state index in [1.165, 1.54) is 0 Å². The number of ether oxygens (including phenoxy) is 1. The van der Waals surface area contributed by atoms with Gasteiger partial charge >= 0.3 is 0 Å². The first-order valence-electron chi connectivity index (χ1n) is 10.4. The SMILES string of the molecule is CCOCCCn1c(NC(=O)c2ccc(N(CC)CC)cc2)nc2ccccc21. The summed E-state index contributed by atoms with van der Waals surface area (Å²) >= 11 is 0. The van der Waals surface area contributed by atoms with Crippen LogP contribution in [0.1, 0.15) is 37.6 Å². The van der Waals surface area contributed by atoms with Crippen LogP contribution in [0, 0.1) is 0 Å². The number of rotatable bonds is 10. The molecule has 0 unspecified atom stereocenters. The van der Waals surface area contributed by atoms with Gasteiger partial charge in [-0.05, 0) is 63.6 Å². The average molecular weight is 395 g/mol. The normalized spacial score (nSPS) is 11.0. The Bertz CT molecular complexity index is 930. The minimum absolute atomic E-state index is 0.155. The molecular formula is C23H30N4O2. The number of aromatic nitrogens is 2. The third kappa shape index (κ3) is 4.95. The van der Waals surface area contributed by atoms with Gasteiger partial charge in [-0.2, -0.15) is 0 Å². The van der Waals surface area contributed by atoms with Crippen molar-refractivity contribution in [3.8, 4) is 0 Å². The first-order chi connectivity index (χ1) is 14.2. The Balaban J connectivity index is 1.78. The molecule has 3 rings (SSSR count). The van der Waals surface area contributed by atoms with Crippen molar-refractivity contribution >= 4 is 28.6 Å². The van der Waals surface area contributed by atoms with Gasteiger partial charge in [-0.15, -0.1) is 0 Å². The predicted octanol–water partition coefficient (Wildman–Crippen LogP) is 4.56. The zero-order valence-corrected chi connectivity index (χ0v) is 17.5. The van der Waals surface area contributed by atoms with E-state index in [2.05, 4.69) is 33.6 Å². The molecule has 0 radical (unpaired) electrons. The van der Waals surface area contributed by atoms with Crippen molar-refractivity contribution in [2.45, 2.75) is 33.7 Å². The standard InChI is InChI=1S/C23H30N4O2/c1-4-26(5-2)19-14-12-18(13-15-19)22(28)25-23-24-20-10-7-8-11-21(20)27(23)16-9-17-29-6-3/h7-8,10-15H,4-6,9,16-17H2,1-3H3,(H,24,25,28). The highest BCUT2D eigenvalue weighted by Gasteiger charge is 2.14. The van der Waals surface area contributed by atoms with E-state index in [9.17, 15) is 4.79 Å². The van der Waals surface area contributed by atoms with E-state index in [1.54, 1.807) is 0 Å². The highest BCUT2D eigenvalue weighted by Crippen LogP contribution is 2.21. The molecule has 1 aromatic heterocycles. The lowest BCUT2D eigenvalue weighted by Crippen LogP contribution is -2.22. The molecule has 0 saturated heterocycles. The van der Waals surface area contributed by atoms with Gasteiger partial charge in [-0.1, -0.05) is 12.1 Å². The summed E-state index contributed by atoms with van der Waals surface area (Å²) in [7, 11) is 0. The van der Waals surface area contributed by atoms with E-state index in [0.29, 0.717) is 24.7 Å². The Labute approximate surface area is 172 Å². The molecule has 6 nitrogen and oxygen atoms in total. The largest absolute Gasteiger partial charge is 0.382 e. The Morgan fingerprint density at radius 3 is 2.48 bits per heavy atom. The van der Waals surface area contributed by atoms with Gasteiger partial charge in [-0.25, -0.2) is 4.98 Å². The predicted molar refractivity (Wildman–Crippen MR) is 119 cm³/mol. The minimum Gasteiger partial charge on any atom is -0.382 e. The number of aryl methyl sites for hydroxylation is 1. The molecule has 0 aliphatic carbocycles. The van der Waals surface area contributed by atoms with Crippen molar-refractivity contribution in [1.82, 2.24) is 9.55 Å². The second-order valence-corrected chi connectivity index (χ2v) is 6.80. The maximum Gasteiger partial charge on any atom is 0.257 e. The van der Waals surface area contributed by atoms with E-state index in [-0.39, 0.29) is 5.91 Å². The third-order valence-corrected chi connectivity index (χ3v) is 5.01. The molecule has 3 aromatic rings. The first-order valence-corrected chi connectivity index (χ1v) is 10.4. The molecule has 6 heteroatoms. The van der Waals surface area contributed by atoms with Crippen LogP contribution in [-0.2, 0) is 11.3 Å². The van der Waals surface area contributed by atoms with Gasteiger partial charge in [0, 0.05) is 44.1 Å². The summed E-state index contributed by atoms with van der Waals surface area (Å²) in [5.74, 6) is 0.415. The number of para-hydroxylation sites is 2. The first kappa shape index (κ1) is 20.9. The summed E-state index contributed by atoms with van der Waals surface area (Å²) in [6, 6.07) is 15.6. The van der Waals surface area contributed by atoms with Gasteiger partial charge in [0.1, 0.15) is 0 Å². The maximum atomic E-state index is 12.8. The van der Waals surface area contributed by atoms with E-state index >= 15 is 0 Å². The van der Waals surface area contributed by atoms with Crippen LogP contribution in [0.15, 0.2) is 48.5 Å². The summed E-state index contributed by atoms with van der Waals surface area (Å²) < 4.78 is 7.51. The average Bonchev–Trinajstić information content (AvgIpc) is 3.09. The lowest BCUT2D eigenvalue weighted by Gasteiger charge is -2.21. The van der Waals surface area contributed by atoms with E-state index < -0.39 is 0 Å². The molecule has 154 valence electrons. The Morgan fingerprint density at radius 2 is 1.79 bits per heavy atom. The quantitative estimate of drug-likeness (QED) is 0.512. The van der Waals surface area contributed by atoms with Gasteiger partial charge in [0.25, 0.3) is 5.91 Å². The monoisotopic (exact) mass is 394 g/mol. The molecule has 0 saturated carbocycles. The Kier molecular flexibility index (Phi) is 7.25. The van der Waals surface area contributed by atoms with Gasteiger partial charge in [0.15, 0.2) is 0 Å². The fraction of sp³-hybridized carbons (Fsp3) is 0.391. The van der Waals surface area contributed by atoms with Crippen LogP contribution in [-0.4, -0.2) is 41.8 Å². The summed E-state index contributed by atoms with van der Waals surface area (Å²) in [6.07, 6.45) is 0.857. The van der Waals surface area contributed by atoms with Crippen LogP contribution < -0.4 is 10.2 Å². The van der Waals surface area contributed by atoms with Crippen molar-refractivity contribution in [3.05, 3.63) is 54.1 Å². The molecule has 2 aromatic carbocycles. The summed E-state index contributed by atoms with van der Waals surface area (Å²) in [5.41, 5.74) is 3.62. The number of fused-ring (bicyclic) bond motifs is 1. The molecule has 0 atom stereocenters. The summed E-state index contributed by atoms with van der Waals surface area (Å²) in [6.45, 7) is 10.2. The lowest BCUT2D eigenvalue weighted by molar-refractivity contribution is 0.102. The second kappa shape index (κ2) is 10.1. The molecule has 0 bridgehead atoms. The Hall–Kier alpha value is -2.86. The zero-order chi connectivity index (χ0) is 20.6. The topological polar surface area (TPSA) is 59.4 Å². The van der Waals surface area contributed by atoms with Crippen LogP contribution >= 0.6 is 0 Å². The van der Waals surface area contributed by atoms with Crippen LogP contribution in [0.25, 0.3) is 11.0 Å². The van der Waals surface area contributed by atoms with Gasteiger partial charge in [0.2, 0.25) is 5.95 Å². The maximum absolute atomic E-state index is 12.8. The number of hydrogen-bond acceptors (Lipinski definition) is 4. The molecule has 1 N–H and O–H groups in total. The fourth-order valence-corrected chi connectivity index (χ4v) is 3.45. The molecule has 1 heterocycles. The number of carbonyl (C=O) groups is 1. The van der Waals surface area contributed by atoms with Crippen LogP contribution in [0.2, 0.25) is 0 Å². The molecule has 0 aliphatic heterocycles. The number of benzene rings is 2. The molecule has 0 fully saturated rings. The van der Waals surface area contributed by atoms with Gasteiger partial charge in [-0.3, -0.25) is 10.1 Å². The highest BCUT2D eigenvalue weighted by molar-refractivity contribution is 6.04. The Morgan fingerprint density at radius 1 is 1.07 bits per heavy atom. The van der Waals surface area contributed by atoms with Gasteiger partial charge < -0.3 is 14.2 Å². The fourth-order valence-electron chi connectivity index (χ4n) is 3.45. The van der Waals surface area contributed by atoms with Crippen molar-refractivity contribution in [3.63, 3.8) is 0 Å². The number of carbonyl (C=O) groups excluding carboxylic acids is 1. The minimum atomic E-state index is -0.155. The van der Waals surface area contributed by atoms with Crippen molar-refractivity contribution in [2.24, 2.45) is 0 Å². The number of imidazole rings is 1. The van der Waals surface area contributed by atoms with Crippen LogP contribution in [0.4, 0.5) is 11.6 Å². The number of anilines is 2. The number of amides is 1. The van der Waals surface area contributed by atoms with Crippen molar-refractivity contribution in [2.75, 3.05) is 36.5 Å². The lowest BCUT2D eigenvalue weighted by atomic mass is 10.2. The number of nitrogens with zero attached hydrogens (tertiary/aromatic N) is 3. The third-order valence-electron chi connectivity index (χ3n) is 5.01. The summed E-state index contributed by atoms with van der Waals surface area (Å²) in [5, 5.41) is 2.99. The smallest absolute Gasteiger partial charge is 0.257 e. The van der Waals surface area contributed by atoms with E-state index in [4.69, 9.17) is 4.74 Å². The van der Waals surface area contributed by atoms with Crippen LogP contribution in [0.3, 0.4) is 0 Å². The summed E-state index contributed by atoms with van der Waals surface area (Å²) in [4.78, 5) is 19.7.